The fourth-order valence-electron chi connectivity index (χ4n) is 13.9. The molecule has 2 unspecified atom stereocenters. The quantitative estimate of drug-likeness (QED) is 0.0130. The van der Waals surface area contributed by atoms with E-state index in [1.807, 2.05) is 212 Å². The van der Waals surface area contributed by atoms with E-state index in [-0.39, 0.29) is 101 Å². The van der Waals surface area contributed by atoms with Crippen molar-refractivity contribution in [3.63, 3.8) is 0 Å². The summed E-state index contributed by atoms with van der Waals surface area (Å²) in [6, 6.07) is 56.9. The number of nitrogens with zero attached hydrogens (tertiary/aromatic N) is 12. The third-order valence-corrected chi connectivity index (χ3v) is 32.0. The summed E-state index contributed by atoms with van der Waals surface area (Å²) in [7, 11) is 0. The molecule has 0 aliphatic carbocycles. The molecular formula is C100H120Cl4I8N12O16. The molecular weight excluding hydrogens is 2770 g/mol. The summed E-state index contributed by atoms with van der Waals surface area (Å²) in [4.78, 5) is 0. The van der Waals surface area contributed by atoms with Gasteiger partial charge in [-0.1, -0.05) is 177 Å². The Morgan fingerprint density at radius 1 is 0.293 bits per heavy atom. The zero-order valence-corrected chi connectivity index (χ0v) is 100.0. The first-order chi connectivity index (χ1) is 66.6. The van der Waals surface area contributed by atoms with E-state index < -0.39 is 24.4 Å². The van der Waals surface area contributed by atoms with E-state index in [9.17, 15) is 40.9 Å². The van der Waals surface area contributed by atoms with Crippen LogP contribution in [0.3, 0.4) is 0 Å². The summed E-state index contributed by atoms with van der Waals surface area (Å²) in [6.07, 6.45) is -3.15. The molecule has 760 valence electrons. The minimum absolute atomic E-state index is 0.103. The van der Waals surface area contributed by atoms with Gasteiger partial charge < -0.3 is 78.7 Å². The second-order valence-corrected chi connectivity index (χ2v) is 46.0. The summed E-state index contributed by atoms with van der Waals surface area (Å²) in [5.41, 5.74) is 10.8. The first kappa shape index (κ1) is 119. The molecule has 140 heavy (non-hydrogen) atoms. The van der Waals surface area contributed by atoms with Crippen molar-refractivity contribution in [2.45, 2.75) is 182 Å². The topological polar surface area (TPSA) is 359 Å². The van der Waals surface area contributed by atoms with Crippen molar-refractivity contribution >= 4 is 227 Å². The number of hydrogen-bond acceptors (Lipinski definition) is 24. The second-order valence-electron chi connectivity index (χ2n) is 36.0. The average Bonchev–Trinajstić information content (AvgIpc) is 1.55. The summed E-state index contributed by atoms with van der Waals surface area (Å²) >= 11 is 40.8. The lowest BCUT2D eigenvalue weighted by Gasteiger charge is -2.27. The van der Waals surface area contributed by atoms with E-state index in [0.29, 0.717) is 134 Å². The molecule has 0 aliphatic rings. The van der Waals surface area contributed by atoms with Gasteiger partial charge in [0.05, 0.1) is 116 Å². The SMILES string of the molecule is CC(CCl)COc1ccc(C(C)(C)c2ccc(OCC(O)Cn3nnc(I)c3CO)cc2)cc1[123I].C[C@@H](CCl)COc1ccc(C(C)(C)c2ccc(OC[C@@H](O)Cn3nnc([123I])c3CO)cc2)cc1I.C[C@@H](CCl)COc1ccc(C(C)(C)c2ccc(OC[C@H](O)Cn3nnc([123I])c3CO)cc2)cc1I.C[C@H](CCl)COc1ccc(C(C)(C)c2ccc(OC[C@@H](O)Cn3nnc([123I])c3CO)cc2)cc1I. The van der Waals surface area contributed by atoms with Crippen molar-refractivity contribution in [3.05, 3.63) is 266 Å². The molecule has 0 amide bonds. The number of halogens is 12. The molecule has 0 radical (unpaired) electrons. The highest BCUT2D eigenvalue weighted by Gasteiger charge is 2.31. The van der Waals surface area contributed by atoms with Crippen molar-refractivity contribution in [2.24, 2.45) is 23.7 Å². The van der Waals surface area contributed by atoms with Crippen LogP contribution in [0.2, 0.25) is 0 Å². The molecule has 4 heterocycles. The smallest absolute Gasteiger partial charge is 0.149 e. The van der Waals surface area contributed by atoms with Crippen molar-refractivity contribution in [2.75, 3.05) is 76.4 Å². The third-order valence-electron chi connectivity index (χ3n) is 23.1. The lowest BCUT2D eigenvalue weighted by atomic mass is 9.78. The predicted molar refractivity (Wildman–Crippen MR) is 613 cm³/mol. The number of hydrogen-bond donors (Lipinski definition) is 8. The van der Waals surface area contributed by atoms with E-state index >= 15 is 0 Å². The van der Waals surface area contributed by atoms with E-state index in [2.05, 4.69) is 263 Å². The molecule has 8 atom stereocenters. The molecule has 12 aromatic rings. The minimum atomic E-state index is -0.788. The van der Waals surface area contributed by atoms with Gasteiger partial charge in [-0.2, -0.15) is 0 Å². The zero-order chi connectivity index (χ0) is 102. The van der Waals surface area contributed by atoms with Crippen molar-refractivity contribution < 1.29 is 78.7 Å². The first-order valence-electron chi connectivity index (χ1n) is 45.0. The van der Waals surface area contributed by atoms with Crippen LogP contribution in [0.25, 0.3) is 0 Å². The summed E-state index contributed by atoms with van der Waals surface area (Å²) < 4.78 is 59.6. The molecule has 0 saturated heterocycles. The Morgan fingerprint density at radius 2 is 0.507 bits per heavy atom. The Balaban J connectivity index is 0.000000209. The van der Waals surface area contributed by atoms with Crippen molar-refractivity contribution in [1.82, 2.24) is 60.0 Å². The van der Waals surface area contributed by atoms with Gasteiger partial charge in [-0.25, -0.2) is 18.7 Å². The fourth-order valence-corrected chi connectivity index (χ4v) is 19.1. The number of rotatable bonds is 48. The number of aliphatic hydroxyl groups excluding tert-OH is 8. The fraction of sp³-hybridized carbons (Fsp3) is 0.440. The van der Waals surface area contributed by atoms with Gasteiger partial charge in [-0.3, -0.25) is 0 Å². The molecule has 0 spiro atoms. The molecule has 0 saturated carbocycles. The Kier molecular flexibility index (Phi) is 49.1. The lowest BCUT2D eigenvalue weighted by molar-refractivity contribution is 0.0865. The highest BCUT2D eigenvalue weighted by atomic mass is 127. The maximum atomic E-state index is 10.3. The van der Waals surface area contributed by atoms with Crippen LogP contribution in [-0.2, 0) is 74.3 Å². The maximum Gasteiger partial charge on any atom is 0.149 e. The van der Waals surface area contributed by atoms with Crippen molar-refractivity contribution in [3.8, 4) is 46.0 Å². The van der Waals surface area contributed by atoms with Gasteiger partial charge in [0, 0.05) is 68.9 Å². The summed E-state index contributed by atoms with van der Waals surface area (Å²) in [5.74, 6) is 9.68. The van der Waals surface area contributed by atoms with Gasteiger partial charge in [0.25, 0.3) is 0 Å². The molecule has 8 aromatic carbocycles. The molecule has 0 fully saturated rings. The van der Waals surface area contributed by atoms with Crippen LogP contribution >= 0.6 is 227 Å². The standard InChI is InChI=1S/4C25H30ClI2N3O4/c4*1-16(11-26)14-35-23-9-6-18(10-21(23)27)25(2,3)17-4-7-20(8-5-17)34-15-19(33)12-31-22(13-32)24(28)29-30-31/h4*4-10,16,19,32-33H,11-15H2,1-3H3/t2*16-,19+;16-,19-;/m100./s1/i3*28-4;27-4. The molecule has 4 aromatic heterocycles. The third kappa shape index (κ3) is 34.8. The van der Waals surface area contributed by atoms with Crippen LogP contribution in [0, 0.1) is 52.8 Å². The maximum absolute atomic E-state index is 10.3. The van der Waals surface area contributed by atoms with Gasteiger partial charge in [-0.05, 0) is 322 Å². The van der Waals surface area contributed by atoms with Crippen LogP contribution < -0.4 is 37.9 Å². The minimum Gasteiger partial charge on any atom is -0.492 e. The predicted octanol–water partition coefficient (Wildman–Crippen LogP) is 20.0. The highest BCUT2D eigenvalue weighted by Crippen LogP contribution is 2.41. The van der Waals surface area contributed by atoms with Crippen LogP contribution in [0.5, 0.6) is 46.0 Å². The number of alkyl halides is 4. The zero-order valence-electron chi connectivity index (χ0n) is 79.7. The first-order valence-corrected chi connectivity index (χ1v) is 55.7. The van der Waals surface area contributed by atoms with Gasteiger partial charge in [0.15, 0.2) is 0 Å². The Labute approximate surface area is 948 Å². The normalized spacial score (nSPS) is 13.5. The Bertz CT molecular complexity index is 5140. The number of benzene rings is 8. The summed E-state index contributed by atoms with van der Waals surface area (Å²) in [5, 5.41) is 111. The van der Waals surface area contributed by atoms with Gasteiger partial charge in [0.2, 0.25) is 0 Å². The monoisotopic (exact) mass is 2880 g/mol. The van der Waals surface area contributed by atoms with Gasteiger partial charge in [-0.15, -0.1) is 66.8 Å². The number of ether oxygens (including phenoxy) is 8. The Morgan fingerprint density at radius 3 is 0.736 bits per heavy atom. The molecule has 12 rings (SSSR count). The Hall–Kier alpha value is -4.60. The molecule has 0 aliphatic heterocycles. The molecule has 8 N–H and O–H groups in total. The highest BCUT2D eigenvalue weighted by molar-refractivity contribution is 14.1. The van der Waals surface area contributed by atoms with Gasteiger partial charge in [0.1, 0.15) is 112 Å². The molecule has 40 heteroatoms. The summed E-state index contributed by atoms with van der Waals surface area (Å²) in [6.45, 7) is 28.6. The second kappa shape index (κ2) is 57.8. The molecule has 28 nitrogen and oxygen atoms in total. The van der Waals surface area contributed by atoms with Crippen LogP contribution in [0.4, 0.5) is 0 Å². The number of aliphatic hydroxyl groups is 8. The molecule has 0 bridgehead atoms. The van der Waals surface area contributed by atoms with E-state index in [0.717, 1.165) is 59.5 Å². The van der Waals surface area contributed by atoms with Crippen LogP contribution in [0.1, 0.15) is 150 Å². The van der Waals surface area contributed by atoms with E-state index in [1.54, 1.807) is 0 Å². The van der Waals surface area contributed by atoms with E-state index in [4.69, 9.17) is 84.3 Å². The van der Waals surface area contributed by atoms with Crippen LogP contribution in [0.15, 0.2) is 170 Å². The van der Waals surface area contributed by atoms with E-state index in [1.165, 1.54) is 41.0 Å². The van der Waals surface area contributed by atoms with Gasteiger partial charge >= 0.3 is 0 Å². The number of aromatic nitrogens is 12. The van der Waals surface area contributed by atoms with Crippen molar-refractivity contribution in [1.29, 1.82) is 0 Å². The van der Waals surface area contributed by atoms with Crippen LogP contribution in [-0.4, -0.2) is 202 Å². The largest absolute Gasteiger partial charge is 0.492 e. The average molecular weight is 2890 g/mol. The lowest BCUT2D eigenvalue weighted by Crippen LogP contribution is -2.25.